The molecular formula is C27H31ClN2O2. The van der Waals surface area contributed by atoms with Gasteiger partial charge in [0, 0.05) is 30.4 Å². The van der Waals surface area contributed by atoms with E-state index in [4.69, 9.17) is 4.74 Å². The number of anilines is 2. The highest BCUT2D eigenvalue weighted by molar-refractivity contribution is 5.85. The van der Waals surface area contributed by atoms with Gasteiger partial charge in [-0.3, -0.25) is 4.90 Å². The predicted octanol–water partition coefficient (Wildman–Crippen LogP) is 5.73. The minimum absolute atomic E-state index is 0. The SMILES string of the molecule is Cl.O[C@@H](CCN1CCC[C@@H]1CN1c2ccccc2COc2ccccc21)c1ccccc1. The summed E-state index contributed by atoms with van der Waals surface area (Å²) in [7, 11) is 0. The highest BCUT2D eigenvalue weighted by Gasteiger charge is 2.30. The zero-order valence-corrected chi connectivity index (χ0v) is 19.1. The van der Waals surface area contributed by atoms with Crippen LogP contribution >= 0.6 is 12.4 Å². The van der Waals surface area contributed by atoms with E-state index in [9.17, 15) is 5.11 Å². The van der Waals surface area contributed by atoms with Crippen LogP contribution in [-0.4, -0.2) is 35.7 Å². The Morgan fingerprint density at radius 1 is 0.906 bits per heavy atom. The number of fused-ring (bicyclic) bond motifs is 2. The van der Waals surface area contributed by atoms with Crippen LogP contribution in [0, 0.1) is 0 Å². The van der Waals surface area contributed by atoms with E-state index in [-0.39, 0.29) is 12.4 Å². The molecule has 3 aromatic rings. The molecule has 0 amide bonds. The molecule has 3 aromatic carbocycles. The molecule has 0 radical (unpaired) electrons. The number of hydrogen-bond acceptors (Lipinski definition) is 4. The van der Waals surface area contributed by atoms with Gasteiger partial charge in [-0.05, 0) is 49.6 Å². The van der Waals surface area contributed by atoms with Gasteiger partial charge in [-0.25, -0.2) is 0 Å². The van der Waals surface area contributed by atoms with Crippen LogP contribution in [-0.2, 0) is 6.61 Å². The summed E-state index contributed by atoms with van der Waals surface area (Å²) in [6, 6.07) is 27.4. The van der Waals surface area contributed by atoms with Gasteiger partial charge in [0.15, 0.2) is 0 Å². The predicted molar refractivity (Wildman–Crippen MR) is 132 cm³/mol. The molecule has 1 fully saturated rings. The maximum Gasteiger partial charge on any atom is 0.143 e. The van der Waals surface area contributed by atoms with E-state index in [0.29, 0.717) is 12.6 Å². The van der Waals surface area contributed by atoms with Crippen LogP contribution < -0.4 is 9.64 Å². The lowest BCUT2D eigenvalue weighted by Gasteiger charge is -2.33. The van der Waals surface area contributed by atoms with Gasteiger partial charge in [-0.15, -0.1) is 12.4 Å². The molecule has 4 nitrogen and oxygen atoms in total. The summed E-state index contributed by atoms with van der Waals surface area (Å²) < 4.78 is 6.14. The van der Waals surface area contributed by atoms with Gasteiger partial charge in [0.2, 0.25) is 0 Å². The third-order valence-corrected chi connectivity index (χ3v) is 6.59. The molecule has 0 unspecified atom stereocenters. The van der Waals surface area contributed by atoms with Crippen LogP contribution in [0.5, 0.6) is 5.75 Å². The number of rotatable bonds is 6. The largest absolute Gasteiger partial charge is 0.487 e. The summed E-state index contributed by atoms with van der Waals surface area (Å²) in [5, 5.41) is 10.6. The molecule has 5 heteroatoms. The second-order valence-electron chi connectivity index (χ2n) is 8.54. The van der Waals surface area contributed by atoms with E-state index in [1.807, 2.05) is 36.4 Å². The first kappa shape index (κ1) is 22.7. The summed E-state index contributed by atoms with van der Waals surface area (Å²) in [6.07, 6.45) is 2.75. The lowest BCUT2D eigenvalue weighted by atomic mass is 10.1. The molecular weight excluding hydrogens is 420 g/mol. The molecule has 5 rings (SSSR count). The first-order valence-electron chi connectivity index (χ1n) is 11.3. The third-order valence-electron chi connectivity index (χ3n) is 6.59. The topological polar surface area (TPSA) is 35.9 Å². The fourth-order valence-electron chi connectivity index (χ4n) is 4.92. The van der Waals surface area contributed by atoms with Gasteiger partial charge < -0.3 is 14.7 Å². The number of hydrogen-bond donors (Lipinski definition) is 1. The molecule has 1 saturated heterocycles. The normalized spacial score (nSPS) is 18.7. The smallest absolute Gasteiger partial charge is 0.143 e. The second kappa shape index (κ2) is 10.4. The molecule has 2 heterocycles. The number of nitrogens with zero attached hydrogens (tertiary/aromatic N) is 2. The Kier molecular flexibility index (Phi) is 7.36. The fourth-order valence-corrected chi connectivity index (χ4v) is 4.92. The van der Waals surface area contributed by atoms with Crippen molar-refractivity contribution >= 4 is 23.8 Å². The van der Waals surface area contributed by atoms with Gasteiger partial charge in [0.05, 0.1) is 11.8 Å². The van der Waals surface area contributed by atoms with E-state index in [2.05, 4.69) is 52.3 Å². The van der Waals surface area contributed by atoms with Crippen molar-refractivity contribution in [2.75, 3.05) is 24.5 Å². The van der Waals surface area contributed by atoms with E-state index >= 15 is 0 Å². The van der Waals surface area contributed by atoms with E-state index in [0.717, 1.165) is 43.1 Å². The van der Waals surface area contributed by atoms with Crippen molar-refractivity contribution in [3.05, 3.63) is 90.0 Å². The van der Waals surface area contributed by atoms with E-state index < -0.39 is 6.10 Å². The molecule has 0 bridgehead atoms. The molecule has 2 aliphatic heterocycles. The second-order valence-corrected chi connectivity index (χ2v) is 8.54. The average molecular weight is 451 g/mol. The average Bonchev–Trinajstić information content (AvgIpc) is 3.21. The minimum atomic E-state index is -0.407. The van der Waals surface area contributed by atoms with Gasteiger partial charge in [0.1, 0.15) is 12.4 Å². The van der Waals surface area contributed by atoms with Gasteiger partial charge >= 0.3 is 0 Å². The molecule has 2 atom stereocenters. The van der Waals surface area contributed by atoms with Crippen molar-refractivity contribution in [3.63, 3.8) is 0 Å². The van der Waals surface area contributed by atoms with Crippen LogP contribution in [0.15, 0.2) is 78.9 Å². The number of halogens is 1. The molecule has 1 N–H and O–H groups in total. The van der Waals surface area contributed by atoms with Crippen LogP contribution in [0.4, 0.5) is 11.4 Å². The van der Waals surface area contributed by atoms with Crippen molar-refractivity contribution in [1.82, 2.24) is 4.90 Å². The molecule has 0 saturated carbocycles. The standard InChI is InChI=1S/C27H30N2O2.ClH/c30-26(21-9-2-1-3-10-21)16-18-28-17-8-12-23(28)19-29-24-13-5-4-11-22(24)20-31-27-15-7-6-14-25(27)29;/h1-7,9-11,13-15,23,26,30H,8,12,16-20H2;1H/t23-,26+;/m1./s1. The van der Waals surface area contributed by atoms with Crippen LogP contribution in [0.2, 0.25) is 0 Å². The van der Waals surface area contributed by atoms with Crippen LogP contribution in [0.25, 0.3) is 0 Å². The first-order valence-corrected chi connectivity index (χ1v) is 11.3. The highest BCUT2D eigenvalue weighted by Crippen LogP contribution is 2.40. The number of aliphatic hydroxyl groups is 1. The molecule has 32 heavy (non-hydrogen) atoms. The Morgan fingerprint density at radius 3 is 2.47 bits per heavy atom. The Labute approximate surface area is 196 Å². The van der Waals surface area contributed by atoms with Gasteiger partial charge in [-0.2, -0.15) is 0 Å². The summed E-state index contributed by atoms with van der Waals surface area (Å²) in [6.45, 7) is 3.54. The Bertz CT molecular complexity index is 966. The van der Waals surface area contributed by atoms with E-state index in [1.54, 1.807) is 0 Å². The number of para-hydroxylation sites is 3. The number of ether oxygens (including phenoxy) is 1. The van der Waals surface area contributed by atoms with Crippen molar-refractivity contribution in [2.45, 2.75) is 38.0 Å². The van der Waals surface area contributed by atoms with Crippen LogP contribution in [0.3, 0.4) is 0 Å². The molecule has 0 spiro atoms. The third kappa shape index (κ3) is 4.78. The minimum Gasteiger partial charge on any atom is -0.487 e. The summed E-state index contributed by atoms with van der Waals surface area (Å²) in [4.78, 5) is 5.00. The maximum absolute atomic E-state index is 10.6. The fraction of sp³-hybridized carbons (Fsp3) is 0.333. The molecule has 168 valence electrons. The Morgan fingerprint density at radius 2 is 1.62 bits per heavy atom. The van der Waals surface area contributed by atoms with Crippen LogP contribution in [0.1, 0.15) is 36.5 Å². The Balaban J connectivity index is 0.00000245. The summed E-state index contributed by atoms with van der Waals surface area (Å²) >= 11 is 0. The zero-order chi connectivity index (χ0) is 21.0. The molecule has 0 aliphatic carbocycles. The lowest BCUT2D eigenvalue weighted by molar-refractivity contribution is 0.138. The lowest BCUT2D eigenvalue weighted by Crippen LogP contribution is -2.39. The summed E-state index contributed by atoms with van der Waals surface area (Å²) in [5.74, 6) is 0.947. The van der Waals surface area contributed by atoms with Crippen molar-refractivity contribution in [2.24, 2.45) is 0 Å². The van der Waals surface area contributed by atoms with Gasteiger partial charge in [0.25, 0.3) is 0 Å². The van der Waals surface area contributed by atoms with Crippen molar-refractivity contribution in [1.29, 1.82) is 0 Å². The Hall–Kier alpha value is -2.53. The zero-order valence-electron chi connectivity index (χ0n) is 18.3. The quantitative estimate of drug-likeness (QED) is 0.520. The maximum atomic E-state index is 10.6. The highest BCUT2D eigenvalue weighted by atomic mass is 35.5. The van der Waals surface area contributed by atoms with E-state index in [1.165, 1.54) is 24.1 Å². The first-order chi connectivity index (χ1) is 15.3. The molecule has 0 aromatic heterocycles. The number of benzene rings is 3. The number of likely N-dealkylation sites (tertiary alicyclic amines) is 1. The summed E-state index contributed by atoms with van der Waals surface area (Å²) in [5.41, 5.74) is 4.61. The number of aliphatic hydroxyl groups excluding tert-OH is 1. The van der Waals surface area contributed by atoms with Crippen molar-refractivity contribution in [3.8, 4) is 5.75 Å². The van der Waals surface area contributed by atoms with Crippen molar-refractivity contribution < 1.29 is 9.84 Å². The molecule has 2 aliphatic rings. The monoisotopic (exact) mass is 450 g/mol. The van der Waals surface area contributed by atoms with Gasteiger partial charge in [-0.1, -0.05) is 60.7 Å².